The van der Waals surface area contributed by atoms with Crippen molar-refractivity contribution in [2.75, 3.05) is 32.8 Å². The zero-order valence-electron chi connectivity index (χ0n) is 13.3. The van der Waals surface area contributed by atoms with Crippen LogP contribution in [0.4, 0.5) is 4.39 Å². The van der Waals surface area contributed by atoms with Gasteiger partial charge in [0.25, 0.3) is 0 Å². The van der Waals surface area contributed by atoms with E-state index >= 15 is 0 Å². The van der Waals surface area contributed by atoms with Gasteiger partial charge in [-0.2, -0.15) is 0 Å². The summed E-state index contributed by atoms with van der Waals surface area (Å²) in [6.45, 7) is 10.9. The molecule has 0 aliphatic carbocycles. The molecule has 4 heteroatoms. The van der Waals surface area contributed by atoms with Crippen LogP contribution in [0.3, 0.4) is 0 Å². The van der Waals surface area contributed by atoms with Crippen LogP contribution in [0.15, 0.2) is 24.3 Å². The number of hydrogen-bond donors (Lipinski definition) is 1. The van der Waals surface area contributed by atoms with Crippen molar-refractivity contribution in [3.8, 4) is 0 Å². The molecule has 118 valence electrons. The van der Waals surface area contributed by atoms with Crippen molar-refractivity contribution >= 4 is 0 Å². The van der Waals surface area contributed by atoms with Crippen LogP contribution in [0.1, 0.15) is 32.4 Å². The number of benzene rings is 1. The van der Waals surface area contributed by atoms with Crippen molar-refractivity contribution in [1.29, 1.82) is 0 Å². The van der Waals surface area contributed by atoms with Gasteiger partial charge in [0, 0.05) is 31.2 Å². The van der Waals surface area contributed by atoms with Gasteiger partial charge in [0.1, 0.15) is 5.82 Å². The molecular weight excluding hydrogens is 267 g/mol. The lowest BCUT2D eigenvalue weighted by Gasteiger charge is -2.35. The molecule has 1 aromatic rings. The molecule has 0 amide bonds. The second kappa shape index (κ2) is 7.87. The molecule has 0 radical (unpaired) electrons. The molecule has 0 aromatic heterocycles. The minimum atomic E-state index is -0.120. The fraction of sp³-hybridized carbons (Fsp3) is 0.647. The Hall–Kier alpha value is -0.970. The summed E-state index contributed by atoms with van der Waals surface area (Å²) in [7, 11) is 0. The molecule has 1 fully saturated rings. The van der Waals surface area contributed by atoms with Crippen LogP contribution in [-0.2, 0) is 4.74 Å². The largest absolute Gasteiger partial charge is 0.376 e. The monoisotopic (exact) mass is 294 g/mol. The maximum atomic E-state index is 14.1. The third-order valence-corrected chi connectivity index (χ3v) is 4.10. The summed E-state index contributed by atoms with van der Waals surface area (Å²) in [5, 5.41) is 3.44. The molecule has 1 aliphatic rings. The van der Waals surface area contributed by atoms with Gasteiger partial charge in [-0.25, -0.2) is 4.39 Å². The highest BCUT2D eigenvalue weighted by Gasteiger charge is 2.25. The van der Waals surface area contributed by atoms with Crippen LogP contribution >= 0.6 is 0 Å². The minimum Gasteiger partial charge on any atom is -0.376 e. The zero-order chi connectivity index (χ0) is 15.2. The summed E-state index contributed by atoms with van der Waals surface area (Å²) in [6.07, 6.45) is 0.289. The predicted molar refractivity (Wildman–Crippen MR) is 83.8 cm³/mol. The van der Waals surface area contributed by atoms with Gasteiger partial charge in [-0.05, 0) is 25.5 Å². The van der Waals surface area contributed by atoms with E-state index in [-0.39, 0.29) is 18.0 Å². The van der Waals surface area contributed by atoms with Gasteiger partial charge in [-0.3, -0.25) is 4.90 Å². The fourth-order valence-electron chi connectivity index (χ4n) is 3.13. The smallest absolute Gasteiger partial charge is 0.127 e. The molecule has 0 bridgehead atoms. The van der Waals surface area contributed by atoms with Crippen molar-refractivity contribution in [2.24, 2.45) is 5.92 Å². The van der Waals surface area contributed by atoms with E-state index in [1.165, 1.54) is 0 Å². The van der Waals surface area contributed by atoms with Gasteiger partial charge in [0.15, 0.2) is 0 Å². The molecule has 3 atom stereocenters. The van der Waals surface area contributed by atoms with Crippen molar-refractivity contribution in [3.05, 3.63) is 35.6 Å². The summed E-state index contributed by atoms with van der Waals surface area (Å²) in [5.74, 6) is 0.220. The molecule has 3 nitrogen and oxygen atoms in total. The van der Waals surface area contributed by atoms with Gasteiger partial charge in [-0.1, -0.05) is 32.0 Å². The zero-order valence-corrected chi connectivity index (χ0v) is 13.3. The Labute approximate surface area is 127 Å². The van der Waals surface area contributed by atoms with E-state index in [2.05, 4.69) is 31.0 Å². The number of rotatable bonds is 6. The first-order valence-electron chi connectivity index (χ1n) is 7.93. The maximum Gasteiger partial charge on any atom is 0.127 e. The molecule has 1 aliphatic heterocycles. The first-order valence-corrected chi connectivity index (χ1v) is 7.93. The van der Waals surface area contributed by atoms with Gasteiger partial charge < -0.3 is 10.1 Å². The fourth-order valence-corrected chi connectivity index (χ4v) is 3.13. The summed E-state index contributed by atoms with van der Waals surface area (Å²) in [4.78, 5) is 2.42. The van der Waals surface area contributed by atoms with E-state index in [9.17, 15) is 4.39 Å². The van der Waals surface area contributed by atoms with E-state index in [1.54, 1.807) is 12.1 Å². The summed E-state index contributed by atoms with van der Waals surface area (Å²) >= 11 is 0. The van der Waals surface area contributed by atoms with Crippen molar-refractivity contribution in [1.82, 2.24) is 10.2 Å². The molecule has 1 saturated heterocycles. The van der Waals surface area contributed by atoms with Gasteiger partial charge in [0.2, 0.25) is 0 Å². The summed E-state index contributed by atoms with van der Waals surface area (Å²) in [6, 6.07) is 7.14. The van der Waals surface area contributed by atoms with E-state index < -0.39 is 0 Å². The maximum absolute atomic E-state index is 14.1. The molecular formula is C17H27FN2O. The normalized spacial score (nSPS) is 23.0. The summed E-state index contributed by atoms with van der Waals surface area (Å²) in [5.41, 5.74) is 0.771. The van der Waals surface area contributed by atoms with E-state index in [1.807, 2.05) is 12.1 Å². The summed E-state index contributed by atoms with van der Waals surface area (Å²) < 4.78 is 19.7. The highest BCUT2D eigenvalue weighted by atomic mass is 19.1. The second-order valence-corrected chi connectivity index (χ2v) is 5.98. The van der Waals surface area contributed by atoms with Crippen LogP contribution in [0.25, 0.3) is 0 Å². The lowest BCUT2D eigenvalue weighted by Crippen LogP contribution is -2.45. The Morgan fingerprint density at radius 2 is 2.19 bits per heavy atom. The van der Waals surface area contributed by atoms with Crippen LogP contribution < -0.4 is 5.32 Å². The van der Waals surface area contributed by atoms with Crippen LogP contribution in [0.5, 0.6) is 0 Å². The Balaban J connectivity index is 2.05. The number of ether oxygens (including phenoxy) is 1. The van der Waals surface area contributed by atoms with Gasteiger partial charge in [-0.15, -0.1) is 0 Å². The van der Waals surface area contributed by atoms with Gasteiger partial charge >= 0.3 is 0 Å². The number of halogens is 1. The first-order chi connectivity index (χ1) is 10.1. The van der Waals surface area contributed by atoms with Gasteiger partial charge in [0.05, 0.1) is 12.7 Å². The van der Waals surface area contributed by atoms with Crippen LogP contribution in [0, 0.1) is 11.7 Å². The predicted octanol–water partition coefficient (Wildman–Crippen LogP) is 2.83. The standard InChI is InChI=1S/C17H27FN2O/c1-4-19-17(15-7-5-6-8-16(15)18)13(2)11-20-9-10-21-14(3)12-20/h5-8,13-14,17,19H,4,9-12H2,1-3H3. The van der Waals surface area contributed by atoms with E-state index in [0.29, 0.717) is 5.92 Å². The molecule has 2 rings (SSSR count). The van der Waals surface area contributed by atoms with Crippen molar-refractivity contribution in [3.63, 3.8) is 0 Å². The molecule has 1 aromatic carbocycles. The van der Waals surface area contributed by atoms with E-state index in [4.69, 9.17) is 4.74 Å². The SMILES string of the molecule is CCNC(c1ccccc1F)C(C)CN1CCOC(C)C1. The third kappa shape index (κ3) is 4.50. The molecule has 0 saturated carbocycles. The lowest BCUT2D eigenvalue weighted by atomic mass is 9.93. The molecule has 0 spiro atoms. The van der Waals surface area contributed by atoms with Crippen LogP contribution in [0.2, 0.25) is 0 Å². The molecule has 21 heavy (non-hydrogen) atoms. The number of morpholine rings is 1. The highest BCUT2D eigenvalue weighted by Crippen LogP contribution is 2.25. The topological polar surface area (TPSA) is 24.5 Å². The van der Waals surface area contributed by atoms with Crippen molar-refractivity contribution in [2.45, 2.75) is 32.9 Å². The molecule has 1 N–H and O–H groups in total. The lowest BCUT2D eigenvalue weighted by molar-refractivity contribution is -0.0239. The average Bonchev–Trinajstić information content (AvgIpc) is 2.45. The highest BCUT2D eigenvalue weighted by molar-refractivity contribution is 5.22. The Kier molecular flexibility index (Phi) is 6.15. The Morgan fingerprint density at radius 1 is 1.43 bits per heavy atom. The Morgan fingerprint density at radius 3 is 2.86 bits per heavy atom. The number of nitrogens with one attached hydrogen (secondary N) is 1. The quantitative estimate of drug-likeness (QED) is 0.873. The minimum absolute atomic E-state index is 0.0503. The molecule has 3 unspecified atom stereocenters. The number of hydrogen-bond acceptors (Lipinski definition) is 3. The van der Waals surface area contributed by atoms with Crippen molar-refractivity contribution < 1.29 is 9.13 Å². The van der Waals surface area contributed by atoms with Crippen LogP contribution in [-0.4, -0.2) is 43.8 Å². The first kappa shape index (κ1) is 16.4. The average molecular weight is 294 g/mol. The third-order valence-electron chi connectivity index (χ3n) is 4.10. The van der Waals surface area contributed by atoms with E-state index in [0.717, 1.165) is 38.3 Å². The molecule has 1 heterocycles. The number of nitrogens with zero attached hydrogens (tertiary/aromatic N) is 1. The second-order valence-electron chi connectivity index (χ2n) is 5.98. The Bertz CT molecular complexity index is 441.